The van der Waals surface area contributed by atoms with Gasteiger partial charge in [0.15, 0.2) is 0 Å². The van der Waals surface area contributed by atoms with Crippen molar-refractivity contribution in [3.05, 3.63) is 42.2 Å². The van der Waals surface area contributed by atoms with Gasteiger partial charge in [0.05, 0.1) is 0 Å². The average Bonchev–Trinajstić information content (AvgIpc) is 2.45. The number of allylic oxidation sites excluding steroid dienone is 3. The first-order chi connectivity index (χ1) is 6.70. The van der Waals surface area contributed by atoms with Crippen LogP contribution < -0.4 is 0 Å². The highest BCUT2D eigenvalue weighted by atomic mass is 14.6. The molecule has 1 aliphatic rings. The van der Waals surface area contributed by atoms with Gasteiger partial charge in [-0.3, -0.25) is 4.98 Å². The topological polar surface area (TPSA) is 12.9 Å². The summed E-state index contributed by atoms with van der Waals surface area (Å²) in [4.78, 5) is 4.06. The Morgan fingerprint density at radius 3 is 2.50 bits per heavy atom. The Labute approximate surface area is 86.2 Å². The smallest absolute Gasteiger partial charge is 0.0349 e. The second-order valence-corrected chi connectivity index (χ2v) is 3.48. The van der Waals surface area contributed by atoms with Crippen LogP contribution in [0.15, 0.2) is 31.1 Å². The number of hydrogen-bond donors (Lipinski definition) is 0. The molecule has 0 aromatic carbocycles. The predicted octanol–water partition coefficient (Wildman–Crippen LogP) is 3.93. The Morgan fingerprint density at radius 2 is 1.93 bits per heavy atom. The molecule has 0 saturated carbocycles. The molecule has 2 rings (SSSR count). The zero-order valence-electron chi connectivity index (χ0n) is 9.17. The summed E-state index contributed by atoms with van der Waals surface area (Å²) >= 11 is 0. The highest BCUT2D eigenvalue weighted by Crippen LogP contribution is 2.32. The number of aromatic nitrogens is 1. The lowest BCUT2D eigenvalue weighted by molar-refractivity contribution is 1.09. The zero-order valence-corrected chi connectivity index (χ0v) is 9.17. The van der Waals surface area contributed by atoms with Gasteiger partial charge in [0, 0.05) is 18.0 Å². The molecule has 74 valence electrons. The molecule has 1 aliphatic carbocycles. The van der Waals surface area contributed by atoms with Crippen molar-refractivity contribution in [1.82, 2.24) is 4.98 Å². The van der Waals surface area contributed by atoms with Gasteiger partial charge in [-0.25, -0.2) is 0 Å². The van der Waals surface area contributed by atoms with E-state index in [9.17, 15) is 0 Å². The molecule has 0 fully saturated rings. The molecule has 0 saturated heterocycles. The first-order valence-electron chi connectivity index (χ1n) is 5.02. The Morgan fingerprint density at radius 1 is 1.29 bits per heavy atom. The van der Waals surface area contributed by atoms with Crippen LogP contribution in [0.2, 0.25) is 0 Å². The minimum Gasteiger partial charge on any atom is -0.264 e. The lowest BCUT2D eigenvalue weighted by Gasteiger charge is -1.97. The van der Waals surface area contributed by atoms with Gasteiger partial charge in [0.25, 0.3) is 0 Å². The average molecular weight is 187 g/mol. The lowest BCUT2D eigenvalue weighted by Crippen LogP contribution is -1.82. The van der Waals surface area contributed by atoms with Crippen molar-refractivity contribution in [1.29, 1.82) is 0 Å². The number of hydrogen-bond acceptors (Lipinski definition) is 1. The molecule has 1 nitrogen and oxygen atoms in total. The minimum atomic E-state index is 1.10. The number of rotatable bonds is 0. The van der Waals surface area contributed by atoms with Crippen LogP contribution in [-0.2, 0) is 0 Å². The van der Waals surface area contributed by atoms with Crippen LogP contribution in [-0.4, -0.2) is 4.98 Å². The van der Waals surface area contributed by atoms with Gasteiger partial charge in [-0.15, -0.1) is 0 Å². The first kappa shape index (κ1) is 10.7. The molecular formula is C13H17N. The fraction of sp³-hybridized carbons (Fsp3) is 0.308. The van der Waals surface area contributed by atoms with Crippen molar-refractivity contribution in [2.24, 2.45) is 0 Å². The van der Waals surface area contributed by atoms with Crippen molar-refractivity contribution in [2.75, 3.05) is 0 Å². The van der Waals surface area contributed by atoms with Crippen LogP contribution >= 0.6 is 0 Å². The first-order valence-corrected chi connectivity index (χ1v) is 5.02. The van der Waals surface area contributed by atoms with E-state index in [1.165, 1.54) is 23.1 Å². The Balaban J connectivity index is 0.000000293. The van der Waals surface area contributed by atoms with E-state index in [-0.39, 0.29) is 0 Å². The van der Waals surface area contributed by atoms with Crippen molar-refractivity contribution >= 4 is 11.1 Å². The molecule has 1 aromatic rings. The Kier molecular flexibility index (Phi) is 3.63. The molecule has 0 aliphatic heterocycles. The lowest BCUT2D eigenvalue weighted by atomic mass is 10.1. The fourth-order valence-electron chi connectivity index (χ4n) is 1.41. The zero-order chi connectivity index (χ0) is 10.6. The molecule has 0 unspecified atom stereocenters. The quantitative estimate of drug-likeness (QED) is 0.599. The summed E-state index contributed by atoms with van der Waals surface area (Å²) in [5.41, 5.74) is 4.80. The third kappa shape index (κ3) is 2.11. The molecular weight excluding hydrogens is 170 g/mol. The Hall–Kier alpha value is -1.37. The van der Waals surface area contributed by atoms with Gasteiger partial charge >= 0.3 is 0 Å². The van der Waals surface area contributed by atoms with E-state index in [0.29, 0.717) is 0 Å². The van der Waals surface area contributed by atoms with Crippen molar-refractivity contribution in [3.63, 3.8) is 0 Å². The van der Waals surface area contributed by atoms with Crippen LogP contribution in [0.25, 0.3) is 11.1 Å². The molecule has 0 atom stereocenters. The summed E-state index contributed by atoms with van der Waals surface area (Å²) in [6, 6.07) is 2.00. The normalized spacial score (nSPS) is 12.8. The molecule has 1 heterocycles. The SMILES string of the molecule is C=C1C=C(C)c2cnccc21.CCC. The van der Waals surface area contributed by atoms with E-state index < -0.39 is 0 Å². The van der Waals surface area contributed by atoms with Gasteiger partial charge < -0.3 is 0 Å². The Bertz CT molecular complexity index is 361. The molecule has 0 bridgehead atoms. The minimum absolute atomic E-state index is 1.10. The highest BCUT2D eigenvalue weighted by molar-refractivity contribution is 5.93. The van der Waals surface area contributed by atoms with E-state index in [0.717, 1.165) is 5.57 Å². The maximum absolute atomic E-state index is 4.06. The second kappa shape index (κ2) is 4.75. The number of pyridine rings is 1. The van der Waals surface area contributed by atoms with Crippen molar-refractivity contribution in [3.8, 4) is 0 Å². The van der Waals surface area contributed by atoms with Crippen LogP contribution in [0.4, 0.5) is 0 Å². The van der Waals surface area contributed by atoms with Gasteiger partial charge in [-0.05, 0) is 29.7 Å². The van der Waals surface area contributed by atoms with Gasteiger partial charge in [-0.1, -0.05) is 32.9 Å². The number of nitrogens with zero attached hydrogens (tertiary/aromatic N) is 1. The largest absolute Gasteiger partial charge is 0.264 e. The van der Waals surface area contributed by atoms with Crippen LogP contribution in [0.5, 0.6) is 0 Å². The third-order valence-electron chi connectivity index (χ3n) is 1.98. The van der Waals surface area contributed by atoms with Crippen LogP contribution in [0, 0.1) is 0 Å². The molecule has 0 spiro atoms. The van der Waals surface area contributed by atoms with E-state index in [1.807, 2.05) is 12.3 Å². The van der Waals surface area contributed by atoms with Crippen LogP contribution in [0.1, 0.15) is 38.3 Å². The molecule has 1 heteroatoms. The molecule has 0 N–H and O–H groups in total. The standard InChI is InChI=1S/C10H9N.C3H8/c1-7-5-8(2)10-6-11-4-3-9(7)10;1-3-2/h3-6H,1H2,2H3;3H2,1-2H3. The summed E-state index contributed by atoms with van der Waals surface area (Å²) < 4.78 is 0. The van der Waals surface area contributed by atoms with Gasteiger partial charge in [-0.2, -0.15) is 0 Å². The number of fused-ring (bicyclic) bond motifs is 1. The second-order valence-electron chi connectivity index (χ2n) is 3.48. The monoisotopic (exact) mass is 187 g/mol. The van der Waals surface area contributed by atoms with Gasteiger partial charge in [0.2, 0.25) is 0 Å². The predicted molar refractivity (Wildman–Crippen MR) is 62.9 cm³/mol. The third-order valence-corrected chi connectivity index (χ3v) is 1.98. The summed E-state index contributed by atoms with van der Waals surface area (Å²) in [6.07, 6.45) is 7.03. The van der Waals surface area contributed by atoms with Crippen molar-refractivity contribution < 1.29 is 0 Å². The van der Waals surface area contributed by atoms with Gasteiger partial charge in [0.1, 0.15) is 0 Å². The maximum Gasteiger partial charge on any atom is 0.0349 e. The summed E-state index contributed by atoms with van der Waals surface area (Å²) in [7, 11) is 0. The summed E-state index contributed by atoms with van der Waals surface area (Å²) in [6.45, 7) is 10.3. The maximum atomic E-state index is 4.06. The van der Waals surface area contributed by atoms with Crippen LogP contribution in [0.3, 0.4) is 0 Å². The van der Waals surface area contributed by atoms with E-state index in [4.69, 9.17) is 0 Å². The molecule has 0 amide bonds. The fourth-order valence-corrected chi connectivity index (χ4v) is 1.41. The molecule has 14 heavy (non-hydrogen) atoms. The van der Waals surface area contributed by atoms with E-state index in [1.54, 1.807) is 6.20 Å². The van der Waals surface area contributed by atoms with E-state index >= 15 is 0 Å². The summed E-state index contributed by atoms with van der Waals surface area (Å²) in [5, 5.41) is 0. The van der Waals surface area contributed by atoms with Crippen molar-refractivity contribution in [2.45, 2.75) is 27.2 Å². The molecule has 0 radical (unpaired) electrons. The highest BCUT2D eigenvalue weighted by Gasteiger charge is 2.12. The van der Waals surface area contributed by atoms with E-state index in [2.05, 4.69) is 38.4 Å². The summed E-state index contributed by atoms with van der Waals surface area (Å²) in [5.74, 6) is 0. The molecule has 1 aromatic heterocycles.